The Morgan fingerprint density at radius 2 is 1.67 bits per heavy atom. The summed E-state index contributed by atoms with van der Waals surface area (Å²) in [5.41, 5.74) is 0.258. The summed E-state index contributed by atoms with van der Waals surface area (Å²) in [7, 11) is 0. The first-order valence-corrected chi connectivity index (χ1v) is 3.73. The van der Waals surface area contributed by atoms with Gasteiger partial charge in [0, 0.05) is 5.57 Å². The van der Waals surface area contributed by atoms with E-state index in [0.29, 0.717) is 12.8 Å². The predicted octanol–water partition coefficient (Wildman–Crippen LogP) is 3.85. The van der Waals surface area contributed by atoms with Crippen LogP contribution in [0.25, 0.3) is 0 Å². The molecule has 0 rings (SSSR count). The lowest BCUT2D eigenvalue weighted by Crippen LogP contribution is -2.10. The van der Waals surface area contributed by atoms with Crippen LogP contribution in [0.15, 0.2) is 24.3 Å². The van der Waals surface area contributed by atoms with E-state index in [0.717, 1.165) is 5.57 Å². The fourth-order valence-corrected chi connectivity index (χ4v) is 0.745. The highest BCUT2D eigenvalue weighted by Crippen LogP contribution is 2.28. The van der Waals surface area contributed by atoms with Crippen LogP contribution >= 0.6 is 0 Å². The van der Waals surface area contributed by atoms with E-state index in [1.165, 1.54) is 0 Å². The second-order valence-corrected chi connectivity index (χ2v) is 2.91. The molecular weight excluding hydrogens is 165 g/mol. The fraction of sp³-hybridized carbons (Fsp3) is 0.556. The van der Waals surface area contributed by atoms with Crippen molar-refractivity contribution in [3.05, 3.63) is 24.3 Å². The third-order valence-electron chi connectivity index (χ3n) is 1.48. The molecule has 0 radical (unpaired) electrons. The minimum absolute atomic E-state index is 0.0103. The van der Waals surface area contributed by atoms with Gasteiger partial charge in [0.15, 0.2) is 0 Å². The minimum atomic E-state index is -4.23. The third-order valence-corrected chi connectivity index (χ3v) is 1.48. The Morgan fingerprint density at radius 1 is 1.17 bits per heavy atom. The maximum atomic E-state index is 11.9. The second-order valence-electron chi connectivity index (χ2n) is 2.91. The van der Waals surface area contributed by atoms with E-state index in [9.17, 15) is 13.2 Å². The van der Waals surface area contributed by atoms with Gasteiger partial charge in [-0.3, -0.25) is 0 Å². The van der Waals surface area contributed by atoms with Gasteiger partial charge in [0.25, 0.3) is 0 Å². The van der Waals surface area contributed by atoms with E-state index < -0.39 is 11.7 Å². The summed E-state index contributed by atoms with van der Waals surface area (Å²) in [6.45, 7) is 8.37. The lowest BCUT2D eigenvalue weighted by atomic mass is 10.1. The Kier molecular flexibility index (Phi) is 4.07. The number of rotatable bonds is 4. The molecule has 3 heteroatoms. The fourth-order valence-electron chi connectivity index (χ4n) is 0.745. The van der Waals surface area contributed by atoms with Gasteiger partial charge in [-0.2, -0.15) is 13.2 Å². The molecule has 0 saturated carbocycles. The first kappa shape index (κ1) is 11.3. The van der Waals surface area contributed by atoms with Gasteiger partial charge in [0.1, 0.15) is 0 Å². The summed E-state index contributed by atoms with van der Waals surface area (Å²) in [5, 5.41) is 0. The van der Waals surface area contributed by atoms with E-state index in [1.807, 2.05) is 0 Å². The van der Waals surface area contributed by atoms with Crippen LogP contribution in [0, 0.1) is 0 Å². The van der Waals surface area contributed by atoms with E-state index in [-0.39, 0.29) is 6.42 Å². The Hall–Kier alpha value is -0.730. The van der Waals surface area contributed by atoms with Gasteiger partial charge >= 0.3 is 6.18 Å². The Labute approximate surface area is 70.8 Å². The highest BCUT2D eigenvalue weighted by atomic mass is 19.4. The van der Waals surface area contributed by atoms with Crippen molar-refractivity contribution in [3.63, 3.8) is 0 Å². The summed E-state index contributed by atoms with van der Waals surface area (Å²) in [5.74, 6) is 0. The van der Waals surface area contributed by atoms with E-state index in [1.54, 1.807) is 6.92 Å². The van der Waals surface area contributed by atoms with Crippen LogP contribution in [-0.2, 0) is 0 Å². The van der Waals surface area contributed by atoms with Crippen molar-refractivity contribution in [1.82, 2.24) is 0 Å². The molecule has 0 N–H and O–H groups in total. The standard InChI is InChI=1S/C9H13F3/c1-7(2)5-4-6-8(3)9(10,11)12/h1,3-6H2,2H3. The van der Waals surface area contributed by atoms with Crippen LogP contribution in [-0.4, -0.2) is 6.18 Å². The first-order valence-electron chi connectivity index (χ1n) is 3.73. The van der Waals surface area contributed by atoms with Crippen LogP contribution in [0.2, 0.25) is 0 Å². The molecule has 0 nitrogen and oxygen atoms in total. The molecule has 0 saturated heterocycles. The molecule has 0 aliphatic heterocycles. The molecule has 0 unspecified atom stereocenters. The van der Waals surface area contributed by atoms with Crippen molar-refractivity contribution in [2.45, 2.75) is 32.4 Å². The smallest absolute Gasteiger partial charge is 0.167 e. The lowest BCUT2D eigenvalue weighted by Gasteiger charge is -2.08. The third kappa shape index (κ3) is 4.99. The number of allylic oxidation sites excluding steroid dienone is 2. The van der Waals surface area contributed by atoms with Crippen LogP contribution in [0.1, 0.15) is 26.2 Å². The summed E-state index contributed by atoms with van der Waals surface area (Å²) < 4.78 is 35.6. The quantitative estimate of drug-likeness (QED) is 0.573. The molecular formula is C9H13F3. The van der Waals surface area contributed by atoms with Crippen LogP contribution < -0.4 is 0 Å². The molecule has 12 heavy (non-hydrogen) atoms. The maximum Gasteiger partial charge on any atom is 0.412 e. The molecule has 0 spiro atoms. The highest BCUT2D eigenvalue weighted by molar-refractivity contribution is 5.02. The van der Waals surface area contributed by atoms with Gasteiger partial charge in [-0.1, -0.05) is 12.2 Å². The lowest BCUT2D eigenvalue weighted by molar-refractivity contribution is -0.0937. The molecule has 0 aromatic rings. The number of hydrogen-bond acceptors (Lipinski definition) is 0. The van der Waals surface area contributed by atoms with Gasteiger partial charge in [-0.25, -0.2) is 0 Å². The highest BCUT2D eigenvalue weighted by Gasteiger charge is 2.30. The Balaban J connectivity index is 3.66. The van der Waals surface area contributed by atoms with Gasteiger partial charge in [-0.15, -0.1) is 6.58 Å². The Bertz CT molecular complexity index is 177. The van der Waals surface area contributed by atoms with Crippen molar-refractivity contribution >= 4 is 0 Å². The molecule has 0 fully saturated rings. The van der Waals surface area contributed by atoms with Crippen molar-refractivity contribution in [2.24, 2.45) is 0 Å². The monoisotopic (exact) mass is 178 g/mol. The van der Waals surface area contributed by atoms with Gasteiger partial charge < -0.3 is 0 Å². The van der Waals surface area contributed by atoms with Crippen molar-refractivity contribution in [1.29, 1.82) is 0 Å². The SMILES string of the molecule is C=C(C)CCCC(=C)C(F)(F)F. The molecule has 0 aromatic carbocycles. The average Bonchev–Trinajstić information content (AvgIpc) is 1.84. The van der Waals surface area contributed by atoms with Crippen molar-refractivity contribution in [3.8, 4) is 0 Å². The topological polar surface area (TPSA) is 0 Å². The summed E-state index contributed by atoms with van der Waals surface area (Å²) in [6, 6.07) is 0. The molecule has 0 atom stereocenters. The van der Waals surface area contributed by atoms with E-state index in [2.05, 4.69) is 13.2 Å². The van der Waals surface area contributed by atoms with E-state index in [4.69, 9.17) is 0 Å². The van der Waals surface area contributed by atoms with Crippen molar-refractivity contribution < 1.29 is 13.2 Å². The van der Waals surface area contributed by atoms with E-state index >= 15 is 0 Å². The summed E-state index contributed by atoms with van der Waals surface area (Å²) in [6.07, 6.45) is -3.10. The minimum Gasteiger partial charge on any atom is -0.167 e. The maximum absolute atomic E-state index is 11.9. The molecule has 0 aliphatic carbocycles. The van der Waals surface area contributed by atoms with Gasteiger partial charge in [-0.05, 0) is 26.2 Å². The van der Waals surface area contributed by atoms with Crippen LogP contribution in [0.4, 0.5) is 13.2 Å². The molecule has 0 aromatic heterocycles. The van der Waals surface area contributed by atoms with Crippen LogP contribution in [0.5, 0.6) is 0 Å². The normalized spacial score (nSPS) is 11.3. The largest absolute Gasteiger partial charge is 0.412 e. The number of halogens is 3. The zero-order valence-corrected chi connectivity index (χ0v) is 7.17. The van der Waals surface area contributed by atoms with Gasteiger partial charge in [0.05, 0.1) is 0 Å². The van der Waals surface area contributed by atoms with Crippen LogP contribution in [0.3, 0.4) is 0 Å². The predicted molar refractivity (Wildman–Crippen MR) is 43.9 cm³/mol. The summed E-state index contributed by atoms with van der Waals surface area (Å²) >= 11 is 0. The van der Waals surface area contributed by atoms with Crippen molar-refractivity contribution in [2.75, 3.05) is 0 Å². The molecule has 70 valence electrons. The zero-order valence-electron chi connectivity index (χ0n) is 7.17. The molecule has 0 heterocycles. The molecule has 0 amide bonds. The number of alkyl halides is 3. The summed E-state index contributed by atoms with van der Waals surface area (Å²) in [4.78, 5) is 0. The molecule has 0 bridgehead atoms. The first-order chi connectivity index (χ1) is 5.34. The Morgan fingerprint density at radius 3 is 2.00 bits per heavy atom. The molecule has 0 aliphatic rings. The number of hydrogen-bond donors (Lipinski definition) is 0. The average molecular weight is 178 g/mol. The second kappa shape index (κ2) is 4.33. The zero-order chi connectivity index (χ0) is 9.78. The van der Waals surface area contributed by atoms with Gasteiger partial charge in [0.2, 0.25) is 0 Å².